The molecule has 0 aromatic heterocycles. The number of β-lactam (4-membered cyclic amide) rings is 1. The van der Waals surface area contributed by atoms with Crippen LogP contribution in [0, 0.1) is 0 Å². The SMILES string of the molecule is CCOC(C)O[C@H]1C(=O)N(C(=O)c2ccccc2)[C@H]1c1ccccc1. The van der Waals surface area contributed by atoms with E-state index in [0.717, 1.165) is 5.56 Å². The summed E-state index contributed by atoms with van der Waals surface area (Å²) in [5.41, 5.74) is 1.34. The van der Waals surface area contributed by atoms with Gasteiger partial charge in [-0.15, -0.1) is 0 Å². The predicted octanol–water partition coefficient (Wildman–Crippen LogP) is 3.18. The van der Waals surface area contributed by atoms with Gasteiger partial charge in [-0.1, -0.05) is 48.5 Å². The van der Waals surface area contributed by atoms with Gasteiger partial charge in [-0.05, 0) is 31.5 Å². The first-order valence-corrected chi connectivity index (χ1v) is 8.38. The fraction of sp³-hybridized carbons (Fsp3) is 0.300. The van der Waals surface area contributed by atoms with Crippen molar-refractivity contribution >= 4 is 11.8 Å². The molecule has 1 fully saturated rings. The van der Waals surface area contributed by atoms with Gasteiger partial charge in [0.25, 0.3) is 11.8 Å². The number of imide groups is 1. The Morgan fingerprint density at radius 3 is 2.28 bits per heavy atom. The van der Waals surface area contributed by atoms with E-state index in [-0.39, 0.29) is 11.8 Å². The summed E-state index contributed by atoms with van der Waals surface area (Å²) in [5.74, 6) is -0.655. The minimum absolute atomic E-state index is 0.316. The topological polar surface area (TPSA) is 55.8 Å². The van der Waals surface area contributed by atoms with Crippen LogP contribution in [0.1, 0.15) is 35.8 Å². The van der Waals surface area contributed by atoms with Crippen molar-refractivity contribution in [3.63, 3.8) is 0 Å². The number of carbonyl (C=O) groups is 2. The Balaban J connectivity index is 1.87. The second-order valence-electron chi connectivity index (χ2n) is 5.81. The second-order valence-corrected chi connectivity index (χ2v) is 5.81. The van der Waals surface area contributed by atoms with Crippen LogP contribution in [0.3, 0.4) is 0 Å². The average Bonchev–Trinajstić information content (AvgIpc) is 2.65. The second kappa shape index (κ2) is 7.59. The quantitative estimate of drug-likeness (QED) is 0.461. The minimum atomic E-state index is -0.725. The zero-order valence-corrected chi connectivity index (χ0v) is 14.3. The standard InChI is InChI=1S/C20H21NO4/c1-3-24-14(2)25-18-17(15-10-6-4-7-11-15)21(20(18)23)19(22)16-12-8-5-9-13-16/h4-14,17-18H,3H2,1-2H3/t14?,17-,18+/m0/s1. The van der Waals surface area contributed by atoms with Crippen molar-refractivity contribution in [2.24, 2.45) is 0 Å². The monoisotopic (exact) mass is 339 g/mol. The van der Waals surface area contributed by atoms with Crippen LogP contribution in [-0.4, -0.2) is 35.7 Å². The van der Waals surface area contributed by atoms with Crippen LogP contribution < -0.4 is 0 Å². The van der Waals surface area contributed by atoms with Gasteiger partial charge in [0.2, 0.25) is 0 Å². The highest BCUT2D eigenvalue weighted by atomic mass is 16.7. The molecule has 0 radical (unpaired) electrons. The third-order valence-electron chi connectivity index (χ3n) is 4.17. The summed E-state index contributed by atoms with van der Waals surface area (Å²) >= 11 is 0. The Labute approximate surface area is 147 Å². The highest BCUT2D eigenvalue weighted by Crippen LogP contribution is 2.38. The Bertz CT molecular complexity index is 732. The molecule has 130 valence electrons. The van der Waals surface area contributed by atoms with Gasteiger partial charge in [-0.3, -0.25) is 14.5 Å². The number of carbonyl (C=O) groups excluding carboxylic acids is 2. The van der Waals surface area contributed by atoms with E-state index < -0.39 is 18.4 Å². The molecule has 3 rings (SSSR count). The summed E-state index contributed by atoms with van der Waals surface area (Å²) in [4.78, 5) is 26.7. The van der Waals surface area contributed by atoms with Crippen molar-refractivity contribution in [2.75, 3.05) is 6.61 Å². The van der Waals surface area contributed by atoms with Crippen LogP contribution in [0.2, 0.25) is 0 Å². The summed E-state index contributed by atoms with van der Waals surface area (Å²) in [6.45, 7) is 4.10. The van der Waals surface area contributed by atoms with Gasteiger partial charge < -0.3 is 9.47 Å². The molecule has 0 spiro atoms. The zero-order chi connectivity index (χ0) is 17.8. The maximum absolute atomic E-state index is 12.8. The lowest BCUT2D eigenvalue weighted by molar-refractivity contribution is -0.209. The van der Waals surface area contributed by atoms with Gasteiger partial charge in [0, 0.05) is 12.2 Å². The summed E-state index contributed by atoms with van der Waals surface area (Å²) in [6.07, 6.45) is -1.24. The lowest BCUT2D eigenvalue weighted by Gasteiger charge is -2.46. The molecular weight excluding hydrogens is 318 g/mol. The van der Waals surface area contributed by atoms with Crippen LogP contribution in [0.15, 0.2) is 60.7 Å². The molecule has 0 bridgehead atoms. The first kappa shape index (κ1) is 17.3. The largest absolute Gasteiger partial charge is 0.353 e. The number of hydrogen-bond donors (Lipinski definition) is 0. The van der Waals surface area contributed by atoms with Gasteiger partial charge >= 0.3 is 0 Å². The van der Waals surface area contributed by atoms with Crippen LogP contribution >= 0.6 is 0 Å². The first-order valence-electron chi connectivity index (χ1n) is 8.38. The van der Waals surface area contributed by atoms with Gasteiger partial charge in [0.05, 0.1) is 0 Å². The molecule has 0 aliphatic carbocycles. The third-order valence-corrected chi connectivity index (χ3v) is 4.17. The van der Waals surface area contributed by atoms with Crippen molar-refractivity contribution in [3.8, 4) is 0 Å². The molecule has 1 aliphatic rings. The van der Waals surface area contributed by atoms with Gasteiger partial charge in [-0.2, -0.15) is 0 Å². The zero-order valence-electron chi connectivity index (χ0n) is 14.3. The van der Waals surface area contributed by atoms with E-state index in [2.05, 4.69) is 0 Å². The molecule has 5 heteroatoms. The Morgan fingerprint density at radius 2 is 1.68 bits per heavy atom. The number of likely N-dealkylation sites (tertiary alicyclic amines) is 1. The summed E-state index contributed by atoms with van der Waals surface area (Å²) < 4.78 is 11.1. The average molecular weight is 339 g/mol. The molecule has 0 saturated carbocycles. The number of amides is 2. The molecule has 1 aliphatic heterocycles. The number of ether oxygens (including phenoxy) is 2. The molecule has 3 atom stereocenters. The lowest BCUT2D eigenvalue weighted by Crippen LogP contribution is -2.62. The molecule has 2 amide bonds. The number of rotatable bonds is 6. The molecule has 25 heavy (non-hydrogen) atoms. The van der Waals surface area contributed by atoms with Crippen molar-refractivity contribution in [1.82, 2.24) is 4.90 Å². The highest BCUT2D eigenvalue weighted by Gasteiger charge is 2.53. The van der Waals surface area contributed by atoms with Gasteiger partial charge in [-0.25, -0.2) is 0 Å². The Morgan fingerprint density at radius 1 is 1.08 bits per heavy atom. The van der Waals surface area contributed by atoms with Crippen LogP contribution in [0.4, 0.5) is 0 Å². The minimum Gasteiger partial charge on any atom is -0.353 e. The van der Waals surface area contributed by atoms with E-state index in [1.54, 1.807) is 31.2 Å². The molecule has 2 aromatic rings. The molecule has 1 heterocycles. The first-order chi connectivity index (χ1) is 12.1. The number of hydrogen-bond acceptors (Lipinski definition) is 4. The van der Waals surface area contributed by atoms with Crippen LogP contribution in [0.5, 0.6) is 0 Å². The summed E-state index contributed by atoms with van der Waals surface area (Å²) in [5, 5.41) is 0. The Hall–Kier alpha value is -2.50. The maximum Gasteiger partial charge on any atom is 0.261 e. The lowest BCUT2D eigenvalue weighted by atomic mass is 9.89. The molecule has 2 aromatic carbocycles. The maximum atomic E-state index is 12.8. The van der Waals surface area contributed by atoms with E-state index in [1.165, 1.54) is 4.90 Å². The third kappa shape index (κ3) is 3.48. The van der Waals surface area contributed by atoms with E-state index in [4.69, 9.17) is 9.47 Å². The van der Waals surface area contributed by atoms with Crippen molar-refractivity contribution < 1.29 is 19.1 Å². The van der Waals surface area contributed by atoms with E-state index in [1.807, 2.05) is 43.3 Å². The van der Waals surface area contributed by atoms with Crippen LogP contribution in [-0.2, 0) is 14.3 Å². The van der Waals surface area contributed by atoms with Gasteiger partial charge in [0.1, 0.15) is 6.04 Å². The summed E-state index contributed by atoms with van der Waals surface area (Å²) in [7, 11) is 0. The number of benzene rings is 2. The smallest absolute Gasteiger partial charge is 0.261 e. The van der Waals surface area contributed by atoms with Crippen LogP contribution in [0.25, 0.3) is 0 Å². The predicted molar refractivity (Wildman–Crippen MR) is 92.8 cm³/mol. The van der Waals surface area contributed by atoms with E-state index in [0.29, 0.717) is 12.2 Å². The summed E-state index contributed by atoms with van der Waals surface area (Å²) in [6, 6.07) is 17.8. The van der Waals surface area contributed by atoms with Crippen molar-refractivity contribution in [1.29, 1.82) is 0 Å². The van der Waals surface area contributed by atoms with E-state index >= 15 is 0 Å². The van der Waals surface area contributed by atoms with E-state index in [9.17, 15) is 9.59 Å². The fourth-order valence-corrected chi connectivity index (χ4v) is 3.00. The Kier molecular flexibility index (Phi) is 5.26. The molecule has 1 unspecified atom stereocenters. The molecular formula is C20H21NO4. The molecule has 0 N–H and O–H groups in total. The molecule has 1 saturated heterocycles. The highest BCUT2D eigenvalue weighted by molar-refractivity contribution is 6.10. The fourth-order valence-electron chi connectivity index (χ4n) is 3.00. The number of nitrogens with zero attached hydrogens (tertiary/aromatic N) is 1. The van der Waals surface area contributed by atoms with Crippen molar-refractivity contribution in [2.45, 2.75) is 32.3 Å². The van der Waals surface area contributed by atoms with Gasteiger partial charge in [0.15, 0.2) is 12.4 Å². The molecule has 5 nitrogen and oxygen atoms in total. The normalized spacial score (nSPS) is 20.9. The van der Waals surface area contributed by atoms with Crippen molar-refractivity contribution in [3.05, 3.63) is 71.8 Å².